The molecule has 17 heavy (non-hydrogen) atoms. The summed E-state index contributed by atoms with van der Waals surface area (Å²) in [5, 5.41) is 10.4. The normalized spacial score (nSPS) is 19.2. The van der Waals surface area contributed by atoms with Crippen LogP contribution in [0, 0.1) is 0 Å². The van der Waals surface area contributed by atoms with Gasteiger partial charge in [0, 0.05) is 27.6 Å². The van der Waals surface area contributed by atoms with Crippen LogP contribution in [-0.2, 0) is 11.3 Å². The number of carbonyl (C=O) groups is 1. The Kier molecular flexibility index (Phi) is 2.47. The van der Waals surface area contributed by atoms with Crippen LogP contribution < -0.4 is 0 Å². The van der Waals surface area contributed by atoms with Gasteiger partial charge in [0.2, 0.25) is 0 Å². The Morgan fingerprint density at radius 1 is 1.47 bits per heavy atom. The van der Waals surface area contributed by atoms with Crippen LogP contribution in [0.5, 0.6) is 0 Å². The third kappa shape index (κ3) is 1.59. The third-order valence-electron chi connectivity index (χ3n) is 3.45. The smallest absolute Gasteiger partial charge is 0.312 e. The molecule has 1 aromatic carbocycles. The van der Waals surface area contributed by atoms with Crippen molar-refractivity contribution in [3.63, 3.8) is 0 Å². The van der Waals surface area contributed by atoms with Crippen molar-refractivity contribution in [1.82, 2.24) is 4.57 Å². The maximum Gasteiger partial charge on any atom is 0.312 e. The number of fused-ring (bicyclic) bond motifs is 3. The molecule has 0 fully saturated rings. The molecule has 0 saturated heterocycles. The van der Waals surface area contributed by atoms with Crippen LogP contribution >= 0.6 is 15.9 Å². The topological polar surface area (TPSA) is 42.2 Å². The van der Waals surface area contributed by atoms with Gasteiger partial charge in [-0.25, -0.2) is 0 Å². The minimum Gasteiger partial charge on any atom is -0.481 e. The van der Waals surface area contributed by atoms with Crippen molar-refractivity contribution in [2.75, 3.05) is 0 Å². The second kappa shape index (κ2) is 3.88. The van der Waals surface area contributed by atoms with Gasteiger partial charge in [0.1, 0.15) is 0 Å². The fourth-order valence-electron chi connectivity index (χ4n) is 2.66. The van der Waals surface area contributed by atoms with Gasteiger partial charge in [-0.15, -0.1) is 0 Å². The lowest BCUT2D eigenvalue weighted by Crippen LogP contribution is -2.21. The fourth-order valence-corrected chi connectivity index (χ4v) is 3.13. The van der Waals surface area contributed by atoms with E-state index in [1.54, 1.807) is 0 Å². The monoisotopic (exact) mass is 293 g/mol. The highest BCUT2D eigenvalue weighted by Crippen LogP contribution is 2.35. The number of hydrogen-bond donors (Lipinski definition) is 1. The Labute approximate surface area is 107 Å². The summed E-state index contributed by atoms with van der Waals surface area (Å²) in [6, 6.07) is 8.04. The van der Waals surface area contributed by atoms with Crippen LogP contribution in [0.25, 0.3) is 10.9 Å². The van der Waals surface area contributed by atoms with E-state index in [1.165, 1.54) is 0 Å². The van der Waals surface area contributed by atoms with Crippen molar-refractivity contribution < 1.29 is 9.90 Å². The molecule has 0 amide bonds. The number of aromatic nitrogens is 1. The van der Waals surface area contributed by atoms with Crippen molar-refractivity contribution in [3.05, 3.63) is 34.4 Å². The second-order valence-corrected chi connectivity index (χ2v) is 5.28. The van der Waals surface area contributed by atoms with E-state index in [9.17, 15) is 9.90 Å². The lowest BCUT2D eigenvalue weighted by molar-refractivity contribution is -0.139. The van der Waals surface area contributed by atoms with E-state index in [-0.39, 0.29) is 5.92 Å². The molecule has 1 N–H and O–H groups in total. The highest BCUT2D eigenvalue weighted by Gasteiger charge is 2.28. The van der Waals surface area contributed by atoms with Gasteiger partial charge in [-0.3, -0.25) is 4.79 Å². The first-order chi connectivity index (χ1) is 8.18. The number of aryl methyl sites for hydroxylation is 1. The van der Waals surface area contributed by atoms with Gasteiger partial charge in [0.05, 0.1) is 5.92 Å². The Hall–Kier alpha value is -1.29. The molecule has 1 aromatic heterocycles. The summed E-state index contributed by atoms with van der Waals surface area (Å²) in [7, 11) is 0. The number of rotatable bonds is 1. The average Bonchev–Trinajstić information content (AvgIpc) is 2.69. The summed E-state index contributed by atoms with van der Waals surface area (Å²) in [6.07, 6.45) is 1.67. The van der Waals surface area contributed by atoms with Gasteiger partial charge in [-0.1, -0.05) is 22.0 Å². The van der Waals surface area contributed by atoms with Gasteiger partial charge in [0.25, 0.3) is 0 Å². The molecule has 2 aromatic rings. The van der Waals surface area contributed by atoms with Gasteiger partial charge in [0.15, 0.2) is 0 Å². The number of halogens is 1. The Morgan fingerprint density at radius 3 is 3.06 bits per heavy atom. The molecule has 4 heteroatoms. The number of benzene rings is 1. The number of nitrogens with zero attached hydrogens (tertiary/aromatic N) is 1. The lowest BCUT2D eigenvalue weighted by atomic mass is 9.96. The molecule has 0 radical (unpaired) electrons. The summed E-state index contributed by atoms with van der Waals surface area (Å²) >= 11 is 3.52. The maximum atomic E-state index is 11.3. The van der Waals surface area contributed by atoms with Gasteiger partial charge >= 0.3 is 5.97 Å². The minimum absolute atomic E-state index is 0.358. The summed E-state index contributed by atoms with van der Waals surface area (Å²) < 4.78 is 3.17. The highest BCUT2D eigenvalue weighted by molar-refractivity contribution is 9.10. The van der Waals surface area contributed by atoms with Crippen molar-refractivity contribution >= 4 is 32.8 Å². The molecule has 88 valence electrons. The molecular formula is C13H12BrNO2. The van der Waals surface area contributed by atoms with E-state index in [0.717, 1.165) is 40.5 Å². The van der Waals surface area contributed by atoms with E-state index in [0.29, 0.717) is 0 Å². The first-order valence-electron chi connectivity index (χ1n) is 5.69. The fraction of sp³-hybridized carbons (Fsp3) is 0.308. The SMILES string of the molecule is O=C(O)C1CCCn2c1cc1c(Br)cccc12. The van der Waals surface area contributed by atoms with E-state index in [2.05, 4.69) is 20.5 Å². The maximum absolute atomic E-state index is 11.3. The average molecular weight is 294 g/mol. The molecule has 0 spiro atoms. The molecule has 3 rings (SSSR count). The first kappa shape index (κ1) is 10.8. The predicted octanol–water partition coefficient (Wildman–Crippen LogP) is 3.37. The Morgan fingerprint density at radius 2 is 2.29 bits per heavy atom. The Balaban J connectivity index is 2.28. The summed E-state index contributed by atoms with van der Waals surface area (Å²) in [5.74, 6) is -1.08. The quantitative estimate of drug-likeness (QED) is 0.876. The van der Waals surface area contributed by atoms with Crippen LogP contribution in [-0.4, -0.2) is 15.6 Å². The zero-order valence-corrected chi connectivity index (χ0v) is 10.8. The van der Waals surface area contributed by atoms with E-state index in [4.69, 9.17) is 0 Å². The first-order valence-corrected chi connectivity index (χ1v) is 6.48. The third-order valence-corrected chi connectivity index (χ3v) is 4.15. The molecule has 3 nitrogen and oxygen atoms in total. The minimum atomic E-state index is -0.718. The molecule has 2 heterocycles. The Bertz CT molecular complexity index is 603. The summed E-state index contributed by atoms with van der Waals surface area (Å²) in [4.78, 5) is 11.3. The van der Waals surface area contributed by atoms with Crippen molar-refractivity contribution in [2.45, 2.75) is 25.3 Å². The van der Waals surface area contributed by atoms with Crippen LogP contribution in [0.15, 0.2) is 28.7 Å². The number of aliphatic carboxylic acids is 1. The largest absolute Gasteiger partial charge is 0.481 e. The van der Waals surface area contributed by atoms with Crippen molar-refractivity contribution in [2.24, 2.45) is 0 Å². The summed E-state index contributed by atoms with van der Waals surface area (Å²) in [5.41, 5.74) is 2.06. The van der Waals surface area contributed by atoms with Gasteiger partial charge < -0.3 is 9.67 Å². The number of carboxylic acids is 1. The molecule has 1 unspecified atom stereocenters. The van der Waals surface area contributed by atoms with Crippen LogP contribution in [0.3, 0.4) is 0 Å². The van der Waals surface area contributed by atoms with Gasteiger partial charge in [-0.2, -0.15) is 0 Å². The molecule has 0 aliphatic carbocycles. The number of carboxylic acid groups (broad SMARTS) is 1. The molecule has 1 aliphatic heterocycles. The highest BCUT2D eigenvalue weighted by atomic mass is 79.9. The van der Waals surface area contributed by atoms with E-state index >= 15 is 0 Å². The summed E-state index contributed by atoms with van der Waals surface area (Å²) in [6.45, 7) is 0.916. The van der Waals surface area contributed by atoms with Crippen LogP contribution in [0.2, 0.25) is 0 Å². The van der Waals surface area contributed by atoms with Crippen molar-refractivity contribution in [3.8, 4) is 0 Å². The van der Waals surface area contributed by atoms with Crippen LogP contribution in [0.4, 0.5) is 0 Å². The van der Waals surface area contributed by atoms with Gasteiger partial charge in [-0.05, 0) is 31.0 Å². The zero-order chi connectivity index (χ0) is 12.0. The molecule has 0 bridgehead atoms. The van der Waals surface area contributed by atoms with E-state index < -0.39 is 5.97 Å². The van der Waals surface area contributed by atoms with E-state index in [1.807, 2.05) is 24.3 Å². The van der Waals surface area contributed by atoms with Crippen molar-refractivity contribution in [1.29, 1.82) is 0 Å². The second-order valence-electron chi connectivity index (χ2n) is 4.43. The standard InChI is InChI=1S/C13H12BrNO2/c14-10-4-1-5-11-9(10)7-12-8(13(16)17)3-2-6-15(11)12/h1,4-5,7-8H,2-3,6H2,(H,16,17). The molecular weight excluding hydrogens is 282 g/mol. The molecule has 1 aliphatic rings. The zero-order valence-electron chi connectivity index (χ0n) is 9.19. The van der Waals surface area contributed by atoms with Crippen LogP contribution in [0.1, 0.15) is 24.5 Å². The number of hydrogen-bond acceptors (Lipinski definition) is 1. The molecule has 1 atom stereocenters. The predicted molar refractivity (Wildman–Crippen MR) is 69.2 cm³/mol. The lowest BCUT2D eigenvalue weighted by Gasteiger charge is -2.22. The molecule has 0 saturated carbocycles.